The molecule has 0 saturated carbocycles. The number of halogens is 1. The van der Waals surface area contributed by atoms with Gasteiger partial charge in [-0.3, -0.25) is 14.6 Å². The predicted molar refractivity (Wildman–Crippen MR) is 127 cm³/mol. The number of carbonyl (C=O) groups excluding carboxylic acids is 1. The minimum atomic E-state index is -0.181. The van der Waals surface area contributed by atoms with Crippen LogP contribution in [-0.4, -0.2) is 40.8 Å². The summed E-state index contributed by atoms with van der Waals surface area (Å²) in [7, 11) is 0. The molecule has 4 heteroatoms. The fraction of sp³-hybridized carbons (Fsp3) is 0.321. The van der Waals surface area contributed by atoms with E-state index in [9.17, 15) is 9.18 Å². The van der Waals surface area contributed by atoms with E-state index in [1.165, 1.54) is 17.2 Å². The van der Waals surface area contributed by atoms with Crippen LogP contribution in [0.15, 0.2) is 78.9 Å². The van der Waals surface area contributed by atoms with Crippen LogP contribution in [0.25, 0.3) is 0 Å². The maximum Gasteiger partial charge on any atom is 0.159 e. The number of benzene rings is 3. The summed E-state index contributed by atoms with van der Waals surface area (Å²) in [6, 6.07) is 26.3. The number of ketones is 1. The van der Waals surface area contributed by atoms with Crippen LogP contribution < -0.4 is 0 Å². The standard InChI is InChI=1S/C28H31FN2O/c1-20-18-31(21(2)17-30(20)19-23-8-7-11-27(29)16-23)28(25-9-5-4-6-10-25)26-14-12-24(13-15-26)22(3)32/h4-16,20-21,28H,17-19H2,1-3H3/t20-,21+,28-/m0/s1. The third-order valence-electron chi connectivity index (χ3n) is 6.52. The molecule has 1 aliphatic rings. The molecule has 0 N–H and O–H groups in total. The Morgan fingerprint density at radius 3 is 2.25 bits per heavy atom. The van der Waals surface area contributed by atoms with Crippen LogP contribution in [0, 0.1) is 5.82 Å². The van der Waals surface area contributed by atoms with Gasteiger partial charge in [0.2, 0.25) is 0 Å². The lowest BCUT2D eigenvalue weighted by Gasteiger charge is -2.47. The van der Waals surface area contributed by atoms with E-state index in [2.05, 4.69) is 60.0 Å². The molecule has 0 aromatic heterocycles. The van der Waals surface area contributed by atoms with Crippen LogP contribution in [0.2, 0.25) is 0 Å². The largest absolute Gasteiger partial charge is 0.295 e. The lowest BCUT2D eigenvalue weighted by molar-refractivity contribution is 0.0195. The average molecular weight is 431 g/mol. The van der Waals surface area contributed by atoms with Crippen molar-refractivity contribution >= 4 is 5.78 Å². The molecular formula is C28H31FN2O. The van der Waals surface area contributed by atoms with Crippen LogP contribution in [0.4, 0.5) is 4.39 Å². The van der Waals surface area contributed by atoms with Gasteiger partial charge in [-0.1, -0.05) is 66.7 Å². The van der Waals surface area contributed by atoms with Gasteiger partial charge in [-0.15, -0.1) is 0 Å². The summed E-state index contributed by atoms with van der Waals surface area (Å²) in [6.07, 6.45) is 0. The van der Waals surface area contributed by atoms with Gasteiger partial charge in [0.05, 0.1) is 6.04 Å². The summed E-state index contributed by atoms with van der Waals surface area (Å²) in [5.41, 5.74) is 4.19. The molecule has 3 atom stereocenters. The Balaban J connectivity index is 1.60. The number of carbonyl (C=O) groups is 1. The molecule has 0 spiro atoms. The average Bonchev–Trinajstić information content (AvgIpc) is 2.78. The van der Waals surface area contributed by atoms with Gasteiger partial charge in [0.15, 0.2) is 5.78 Å². The Morgan fingerprint density at radius 2 is 1.59 bits per heavy atom. The van der Waals surface area contributed by atoms with E-state index < -0.39 is 0 Å². The number of nitrogens with zero attached hydrogens (tertiary/aromatic N) is 2. The maximum absolute atomic E-state index is 13.7. The van der Waals surface area contributed by atoms with Crippen LogP contribution >= 0.6 is 0 Å². The van der Waals surface area contributed by atoms with Gasteiger partial charge in [-0.05, 0) is 49.6 Å². The molecule has 0 aliphatic carbocycles. The molecule has 1 saturated heterocycles. The lowest BCUT2D eigenvalue weighted by atomic mass is 9.92. The Bertz CT molecular complexity index is 1050. The first-order valence-electron chi connectivity index (χ1n) is 11.3. The lowest BCUT2D eigenvalue weighted by Crippen LogP contribution is -2.56. The van der Waals surface area contributed by atoms with E-state index in [-0.39, 0.29) is 17.6 Å². The summed E-state index contributed by atoms with van der Waals surface area (Å²) >= 11 is 0. The molecule has 32 heavy (non-hydrogen) atoms. The van der Waals surface area contributed by atoms with Crippen LogP contribution in [0.3, 0.4) is 0 Å². The Morgan fingerprint density at radius 1 is 0.906 bits per heavy atom. The normalized spacial score (nSPS) is 20.8. The molecule has 3 nitrogen and oxygen atoms in total. The van der Waals surface area contributed by atoms with E-state index >= 15 is 0 Å². The second-order valence-corrected chi connectivity index (χ2v) is 8.95. The Hall–Kier alpha value is -2.82. The molecule has 3 aromatic rings. The van der Waals surface area contributed by atoms with Crippen molar-refractivity contribution in [1.82, 2.24) is 9.80 Å². The van der Waals surface area contributed by atoms with Crippen molar-refractivity contribution in [1.29, 1.82) is 0 Å². The van der Waals surface area contributed by atoms with E-state index in [0.29, 0.717) is 12.1 Å². The van der Waals surface area contributed by atoms with Crippen LogP contribution in [0.5, 0.6) is 0 Å². The summed E-state index contributed by atoms with van der Waals surface area (Å²) < 4.78 is 13.7. The number of hydrogen-bond donors (Lipinski definition) is 0. The Labute approximate surface area is 190 Å². The van der Waals surface area contributed by atoms with Crippen molar-refractivity contribution in [3.8, 4) is 0 Å². The zero-order valence-electron chi connectivity index (χ0n) is 19.0. The fourth-order valence-corrected chi connectivity index (χ4v) is 4.79. The van der Waals surface area contributed by atoms with Crippen LogP contribution in [-0.2, 0) is 6.54 Å². The molecule has 0 amide bonds. The maximum atomic E-state index is 13.7. The summed E-state index contributed by atoms with van der Waals surface area (Å²) in [4.78, 5) is 16.8. The van der Waals surface area contributed by atoms with Crippen LogP contribution in [0.1, 0.15) is 53.9 Å². The highest BCUT2D eigenvalue weighted by Crippen LogP contribution is 2.33. The van der Waals surface area contributed by atoms with Gasteiger partial charge in [0, 0.05) is 37.3 Å². The summed E-state index contributed by atoms with van der Waals surface area (Å²) in [6.45, 7) is 8.69. The topological polar surface area (TPSA) is 23.6 Å². The number of Topliss-reactive ketones (excluding diaryl/α,β-unsaturated/α-hetero) is 1. The minimum absolute atomic E-state index is 0.0840. The van der Waals surface area contributed by atoms with Crippen molar-refractivity contribution < 1.29 is 9.18 Å². The number of piperazine rings is 1. The first-order valence-corrected chi connectivity index (χ1v) is 11.3. The molecule has 4 rings (SSSR count). The van der Waals surface area contributed by atoms with Crippen molar-refractivity contribution in [2.24, 2.45) is 0 Å². The molecule has 0 unspecified atom stereocenters. The van der Waals surface area contributed by atoms with E-state index in [1.807, 2.05) is 24.3 Å². The van der Waals surface area contributed by atoms with Crippen molar-refractivity contribution in [3.63, 3.8) is 0 Å². The quantitative estimate of drug-likeness (QED) is 0.468. The second-order valence-electron chi connectivity index (χ2n) is 8.95. The molecule has 1 fully saturated rings. The highest BCUT2D eigenvalue weighted by molar-refractivity contribution is 5.94. The van der Waals surface area contributed by atoms with Crippen molar-refractivity contribution in [2.45, 2.75) is 45.4 Å². The first kappa shape index (κ1) is 22.4. The summed E-state index contributed by atoms with van der Waals surface area (Å²) in [5.74, 6) is -0.0965. The van der Waals surface area contributed by atoms with Gasteiger partial charge in [0.1, 0.15) is 5.82 Å². The number of rotatable bonds is 6. The number of hydrogen-bond acceptors (Lipinski definition) is 3. The van der Waals surface area contributed by atoms with E-state index in [1.54, 1.807) is 19.1 Å². The molecule has 3 aromatic carbocycles. The third-order valence-corrected chi connectivity index (χ3v) is 6.52. The second kappa shape index (κ2) is 9.76. The third kappa shape index (κ3) is 4.98. The molecular weight excluding hydrogens is 399 g/mol. The zero-order chi connectivity index (χ0) is 22.7. The first-order chi connectivity index (χ1) is 15.4. The molecule has 166 valence electrons. The highest BCUT2D eigenvalue weighted by atomic mass is 19.1. The highest BCUT2D eigenvalue weighted by Gasteiger charge is 2.34. The van der Waals surface area contributed by atoms with E-state index in [0.717, 1.165) is 30.8 Å². The molecule has 0 bridgehead atoms. The van der Waals surface area contributed by atoms with Crippen molar-refractivity contribution in [2.75, 3.05) is 13.1 Å². The molecule has 1 aliphatic heterocycles. The van der Waals surface area contributed by atoms with Gasteiger partial charge in [-0.25, -0.2) is 4.39 Å². The van der Waals surface area contributed by atoms with Gasteiger partial charge < -0.3 is 0 Å². The van der Waals surface area contributed by atoms with E-state index in [4.69, 9.17) is 0 Å². The molecule has 1 heterocycles. The SMILES string of the molecule is CC(=O)c1ccc([C@H](c2ccccc2)N2C[C@H](C)N(Cc3cccc(F)c3)C[C@H]2C)cc1. The van der Waals surface area contributed by atoms with Gasteiger partial charge >= 0.3 is 0 Å². The zero-order valence-corrected chi connectivity index (χ0v) is 19.0. The minimum Gasteiger partial charge on any atom is -0.295 e. The van der Waals surface area contributed by atoms with Crippen molar-refractivity contribution in [3.05, 3.63) is 107 Å². The summed E-state index contributed by atoms with van der Waals surface area (Å²) in [5, 5.41) is 0. The predicted octanol–water partition coefficient (Wildman–Crippen LogP) is 5.71. The monoisotopic (exact) mass is 430 g/mol. The molecule has 0 radical (unpaired) electrons. The fourth-order valence-electron chi connectivity index (χ4n) is 4.79. The Kier molecular flexibility index (Phi) is 6.83. The van der Waals surface area contributed by atoms with Gasteiger partial charge in [-0.2, -0.15) is 0 Å². The smallest absolute Gasteiger partial charge is 0.159 e. The van der Waals surface area contributed by atoms with Gasteiger partial charge in [0.25, 0.3) is 0 Å².